The van der Waals surface area contributed by atoms with Crippen LogP contribution in [0.15, 0.2) is 10.7 Å². The minimum atomic E-state index is 0.418. The van der Waals surface area contributed by atoms with E-state index in [1.807, 2.05) is 6.20 Å². The lowest BCUT2D eigenvalue weighted by molar-refractivity contribution is 0.188. The zero-order valence-corrected chi connectivity index (χ0v) is 15.5. The highest BCUT2D eigenvalue weighted by Gasteiger charge is 2.31. The van der Waals surface area contributed by atoms with Crippen LogP contribution in [0.25, 0.3) is 0 Å². The molecule has 21 heavy (non-hydrogen) atoms. The van der Waals surface area contributed by atoms with E-state index >= 15 is 0 Å². The van der Waals surface area contributed by atoms with Gasteiger partial charge in [0.05, 0.1) is 22.4 Å². The van der Waals surface area contributed by atoms with Crippen molar-refractivity contribution >= 4 is 15.9 Å². The lowest BCUT2D eigenvalue weighted by atomic mass is 9.74. The molecule has 3 nitrogen and oxygen atoms in total. The molecule has 1 fully saturated rings. The SMILES string of the molecule is CCCn1ncc(Br)c1C(NC)C1CCC(C(C)C)CC1. The van der Waals surface area contributed by atoms with Gasteiger partial charge in [0.25, 0.3) is 0 Å². The normalized spacial score (nSPS) is 24.5. The van der Waals surface area contributed by atoms with E-state index in [1.54, 1.807) is 0 Å². The van der Waals surface area contributed by atoms with Gasteiger partial charge in [-0.3, -0.25) is 4.68 Å². The maximum absolute atomic E-state index is 4.54. The predicted octanol–water partition coefficient (Wildman–Crippen LogP) is 4.78. The summed E-state index contributed by atoms with van der Waals surface area (Å²) in [5, 5.41) is 8.11. The van der Waals surface area contributed by atoms with Crippen molar-refractivity contribution in [2.45, 2.75) is 65.5 Å². The van der Waals surface area contributed by atoms with Gasteiger partial charge in [-0.25, -0.2) is 0 Å². The number of nitrogens with one attached hydrogen (secondary N) is 1. The summed E-state index contributed by atoms with van der Waals surface area (Å²) in [6, 6.07) is 0.418. The second kappa shape index (κ2) is 7.77. The molecule has 1 N–H and O–H groups in total. The van der Waals surface area contributed by atoms with Gasteiger partial charge in [0.1, 0.15) is 0 Å². The fraction of sp³-hybridized carbons (Fsp3) is 0.824. The number of hydrogen-bond donors (Lipinski definition) is 1. The van der Waals surface area contributed by atoms with Crippen molar-refractivity contribution < 1.29 is 0 Å². The van der Waals surface area contributed by atoms with Crippen LogP contribution < -0.4 is 5.32 Å². The predicted molar refractivity (Wildman–Crippen MR) is 92.3 cm³/mol. The van der Waals surface area contributed by atoms with Gasteiger partial charge in [0, 0.05) is 6.54 Å². The molecule has 0 amide bonds. The smallest absolute Gasteiger partial charge is 0.0698 e. The van der Waals surface area contributed by atoms with Gasteiger partial charge in [-0.15, -0.1) is 0 Å². The van der Waals surface area contributed by atoms with E-state index in [1.165, 1.54) is 31.4 Å². The van der Waals surface area contributed by atoms with Gasteiger partial charge in [0.15, 0.2) is 0 Å². The van der Waals surface area contributed by atoms with Gasteiger partial charge in [-0.2, -0.15) is 5.10 Å². The molecular formula is C17H30BrN3. The Morgan fingerprint density at radius 3 is 2.43 bits per heavy atom. The molecular weight excluding hydrogens is 326 g/mol. The molecule has 0 aliphatic heterocycles. The molecule has 0 aromatic carbocycles. The van der Waals surface area contributed by atoms with E-state index in [0.29, 0.717) is 6.04 Å². The number of aromatic nitrogens is 2. The molecule has 1 saturated carbocycles. The van der Waals surface area contributed by atoms with Crippen LogP contribution in [0.4, 0.5) is 0 Å². The summed E-state index contributed by atoms with van der Waals surface area (Å²) in [6.45, 7) is 7.95. The number of aryl methyl sites for hydroxylation is 1. The summed E-state index contributed by atoms with van der Waals surface area (Å²) < 4.78 is 3.33. The van der Waals surface area contributed by atoms with Gasteiger partial charge in [0.2, 0.25) is 0 Å². The number of nitrogens with zero attached hydrogens (tertiary/aromatic N) is 2. The molecule has 2 rings (SSSR count). The van der Waals surface area contributed by atoms with Gasteiger partial charge >= 0.3 is 0 Å². The third-order valence-corrected chi connectivity index (χ3v) is 5.72. The Labute approximate surface area is 138 Å². The zero-order valence-electron chi connectivity index (χ0n) is 13.9. The molecule has 1 aromatic heterocycles. The third kappa shape index (κ3) is 3.89. The standard InChI is InChI=1S/C17H30BrN3/c1-5-10-21-17(15(18)11-20-21)16(19-4)14-8-6-13(7-9-14)12(2)3/h11-14,16,19H,5-10H2,1-4H3. The fourth-order valence-corrected chi connectivity index (χ4v) is 4.35. The first kappa shape index (κ1) is 17.0. The van der Waals surface area contributed by atoms with Crippen LogP contribution in [0.5, 0.6) is 0 Å². The minimum Gasteiger partial charge on any atom is -0.311 e. The highest BCUT2D eigenvalue weighted by molar-refractivity contribution is 9.10. The Hall–Kier alpha value is -0.350. The average Bonchev–Trinajstić information content (AvgIpc) is 2.83. The Morgan fingerprint density at radius 2 is 1.90 bits per heavy atom. The monoisotopic (exact) mass is 355 g/mol. The minimum absolute atomic E-state index is 0.418. The van der Waals surface area contributed by atoms with Gasteiger partial charge in [-0.05, 0) is 72.8 Å². The van der Waals surface area contributed by atoms with E-state index in [-0.39, 0.29) is 0 Å². The molecule has 0 bridgehead atoms. The van der Waals surface area contributed by atoms with Gasteiger partial charge < -0.3 is 5.32 Å². The summed E-state index contributed by atoms with van der Waals surface area (Å²) in [6.07, 6.45) is 8.49. The van der Waals surface area contributed by atoms with Crippen molar-refractivity contribution in [3.8, 4) is 0 Å². The number of rotatable bonds is 6. The molecule has 1 heterocycles. The molecule has 1 atom stereocenters. The lowest BCUT2D eigenvalue weighted by Gasteiger charge is -2.35. The van der Waals surface area contributed by atoms with Crippen molar-refractivity contribution in [1.82, 2.24) is 15.1 Å². The maximum Gasteiger partial charge on any atom is 0.0698 e. The maximum atomic E-state index is 4.54. The van der Waals surface area contributed by atoms with E-state index < -0.39 is 0 Å². The largest absolute Gasteiger partial charge is 0.311 e. The van der Waals surface area contributed by atoms with E-state index in [9.17, 15) is 0 Å². The third-order valence-electron chi connectivity index (χ3n) is 5.10. The van der Waals surface area contributed by atoms with Gasteiger partial charge in [-0.1, -0.05) is 20.8 Å². The second-order valence-corrected chi connectivity index (χ2v) is 7.64. The number of hydrogen-bond acceptors (Lipinski definition) is 2. The van der Waals surface area contributed by atoms with Crippen molar-refractivity contribution in [2.24, 2.45) is 17.8 Å². The van der Waals surface area contributed by atoms with Crippen LogP contribution in [0.3, 0.4) is 0 Å². The van der Waals surface area contributed by atoms with Crippen LogP contribution in [0, 0.1) is 17.8 Å². The van der Waals surface area contributed by atoms with Crippen molar-refractivity contribution in [3.63, 3.8) is 0 Å². The molecule has 1 unspecified atom stereocenters. The highest BCUT2D eigenvalue weighted by Crippen LogP contribution is 2.40. The Bertz CT molecular complexity index is 433. The van der Waals surface area contributed by atoms with Crippen LogP contribution in [-0.4, -0.2) is 16.8 Å². The lowest BCUT2D eigenvalue weighted by Crippen LogP contribution is -2.31. The molecule has 1 aliphatic carbocycles. The summed E-state index contributed by atoms with van der Waals surface area (Å²) in [4.78, 5) is 0. The first-order valence-corrected chi connectivity index (χ1v) is 9.26. The quantitative estimate of drug-likeness (QED) is 0.795. The Kier molecular flexibility index (Phi) is 6.30. The molecule has 0 spiro atoms. The van der Waals surface area contributed by atoms with Crippen LogP contribution in [-0.2, 0) is 6.54 Å². The van der Waals surface area contributed by atoms with Crippen molar-refractivity contribution in [2.75, 3.05) is 7.05 Å². The second-order valence-electron chi connectivity index (χ2n) is 6.79. The summed E-state index contributed by atoms with van der Waals surface area (Å²) in [5.41, 5.74) is 1.34. The van der Waals surface area contributed by atoms with Crippen molar-refractivity contribution in [1.29, 1.82) is 0 Å². The summed E-state index contributed by atoms with van der Waals surface area (Å²) in [5.74, 6) is 2.48. The van der Waals surface area contributed by atoms with Crippen LogP contribution in [0.1, 0.15) is 64.6 Å². The average molecular weight is 356 g/mol. The van der Waals surface area contributed by atoms with E-state index in [4.69, 9.17) is 0 Å². The molecule has 1 aromatic rings. The van der Waals surface area contributed by atoms with E-state index in [2.05, 4.69) is 58.8 Å². The molecule has 0 saturated heterocycles. The summed E-state index contributed by atoms with van der Waals surface area (Å²) >= 11 is 3.71. The fourth-order valence-electron chi connectivity index (χ4n) is 3.81. The zero-order chi connectivity index (χ0) is 15.4. The Morgan fingerprint density at radius 1 is 1.29 bits per heavy atom. The van der Waals surface area contributed by atoms with Crippen LogP contribution >= 0.6 is 15.9 Å². The first-order chi connectivity index (χ1) is 10.1. The molecule has 1 aliphatic rings. The summed E-state index contributed by atoms with van der Waals surface area (Å²) in [7, 11) is 2.09. The molecule has 120 valence electrons. The molecule has 0 radical (unpaired) electrons. The van der Waals surface area contributed by atoms with Crippen LogP contribution in [0.2, 0.25) is 0 Å². The topological polar surface area (TPSA) is 29.9 Å². The van der Waals surface area contributed by atoms with E-state index in [0.717, 1.165) is 35.2 Å². The Balaban J connectivity index is 2.12. The molecule has 4 heteroatoms. The first-order valence-electron chi connectivity index (χ1n) is 8.46. The van der Waals surface area contributed by atoms with Crippen molar-refractivity contribution in [3.05, 3.63) is 16.4 Å². The number of halogens is 1. The highest BCUT2D eigenvalue weighted by atomic mass is 79.9.